The highest BCUT2D eigenvalue weighted by Crippen LogP contribution is 2.25. The number of rotatable bonds is 0. The number of halogens is 1. The summed E-state index contributed by atoms with van der Waals surface area (Å²) < 4.78 is -0.102. The van der Waals surface area contributed by atoms with E-state index in [1.165, 1.54) is 0 Å². The SMILES string of the molecule is CC1(Br)C=N/C=C\C(C)(C)/C=C\1. The second-order valence-corrected chi connectivity index (χ2v) is 5.61. The molecular weight excluding hydrogens is 214 g/mol. The minimum atomic E-state index is -0.102. The van der Waals surface area contributed by atoms with E-state index in [1.54, 1.807) is 0 Å². The summed E-state index contributed by atoms with van der Waals surface area (Å²) in [4.78, 5) is 4.18. The van der Waals surface area contributed by atoms with Crippen molar-refractivity contribution in [2.24, 2.45) is 10.4 Å². The van der Waals surface area contributed by atoms with Gasteiger partial charge in [-0.2, -0.15) is 0 Å². The van der Waals surface area contributed by atoms with Crippen LogP contribution in [0.5, 0.6) is 0 Å². The fourth-order valence-electron chi connectivity index (χ4n) is 0.900. The van der Waals surface area contributed by atoms with Crippen LogP contribution in [0.2, 0.25) is 0 Å². The van der Waals surface area contributed by atoms with Crippen molar-refractivity contribution in [1.82, 2.24) is 0 Å². The van der Waals surface area contributed by atoms with Crippen LogP contribution in [0.25, 0.3) is 0 Å². The van der Waals surface area contributed by atoms with E-state index in [4.69, 9.17) is 0 Å². The molecule has 1 unspecified atom stereocenters. The molecule has 0 spiro atoms. The van der Waals surface area contributed by atoms with E-state index in [9.17, 15) is 0 Å². The third kappa shape index (κ3) is 2.94. The van der Waals surface area contributed by atoms with Crippen molar-refractivity contribution in [3.8, 4) is 0 Å². The second-order valence-electron chi connectivity index (χ2n) is 3.90. The van der Waals surface area contributed by atoms with E-state index in [2.05, 4.69) is 59.9 Å². The van der Waals surface area contributed by atoms with E-state index in [0.717, 1.165) is 0 Å². The Morgan fingerprint density at radius 2 is 1.75 bits per heavy atom. The number of allylic oxidation sites excluding steroid dienone is 3. The van der Waals surface area contributed by atoms with Crippen LogP contribution in [0.3, 0.4) is 0 Å². The summed E-state index contributed by atoms with van der Waals surface area (Å²) in [5, 5.41) is 0. The molecule has 0 aliphatic carbocycles. The molecule has 0 radical (unpaired) electrons. The second kappa shape index (κ2) is 3.17. The molecule has 1 nitrogen and oxygen atoms in total. The minimum absolute atomic E-state index is 0.102. The van der Waals surface area contributed by atoms with E-state index < -0.39 is 0 Å². The summed E-state index contributed by atoms with van der Waals surface area (Å²) >= 11 is 3.56. The van der Waals surface area contributed by atoms with Gasteiger partial charge in [-0.1, -0.05) is 48.0 Å². The lowest BCUT2D eigenvalue weighted by molar-refractivity contribution is 0.620. The van der Waals surface area contributed by atoms with Gasteiger partial charge in [0.2, 0.25) is 0 Å². The topological polar surface area (TPSA) is 12.4 Å². The van der Waals surface area contributed by atoms with E-state index in [-0.39, 0.29) is 9.74 Å². The predicted molar refractivity (Wildman–Crippen MR) is 57.9 cm³/mol. The van der Waals surface area contributed by atoms with Gasteiger partial charge in [0.15, 0.2) is 0 Å². The first-order valence-corrected chi connectivity index (χ1v) is 4.82. The van der Waals surface area contributed by atoms with Gasteiger partial charge in [0.25, 0.3) is 0 Å². The third-order valence-corrected chi connectivity index (χ3v) is 2.22. The van der Waals surface area contributed by atoms with Crippen LogP contribution in [0, 0.1) is 5.41 Å². The molecule has 0 aromatic heterocycles. The van der Waals surface area contributed by atoms with Crippen molar-refractivity contribution in [3.63, 3.8) is 0 Å². The van der Waals surface area contributed by atoms with Crippen LogP contribution in [0.1, 0.15) is 20.8 Å². The summed E-state index contributed by atoms with van der Waals surface area (Å²) in [6.45, 7) is 6.38. The van der Waals surface area contributed by atoms with Gasteiger partial charge in [-0.25, -0.2) is 0 Å². The average molecular weight is 228 g/mol. The molecule has 2 heteroatoms. The highest BCUT2D eigenvalue weighted by molar-refractivity contribution is 9.10. The molecule has 0 bridgehead atoms. The lowest BCUT2D eigenvalue weighted by atomic mass is 9.91. The Morgan fingerprint density at radius 3 is 2.42 bits per heavy atom. The molecule has 0 fully saturated rings. The Hall–Kier alpha value is -0.370. The number of nitrogens with zero attached hydrogens (tertiary/aromatic N) is 1. The number of aliphatic imine (C=N–C) groups is 1. The summed E-state index contributed by atoms with van der Waals surface area (Å²) in [6.07, 6.45) is 10.1. The Labute approximate surface area is 82.4 Å². The smallest absolute Gasteiger partial charge is 0.0759 e. The van der Waals surface area contributed by atoms with Gasteiger partial charge in [-0.3, -0.25) is 4.99 Å². The zero-order valence-corrected chi connectivity index (χ0v) is 9.30. The fraction of sp³-hybridized carbons (Fsp3) is 0.500. The van der Waals surface area contributed by atoms with Gasteiger partial charge < -0.3 is 0 Å². The first-order chi connectivity index (χ1) is 5.41. The maximum absolute atomic E-state index is 4.18. The van der Waals surface area contributed by atoms with Crippen LogP contribution in [0.4, 0.5) is 0 Å². The molecule has 0 saturated heterocycles. The summed E-state index contributed by atoms with van der Waals surface area (Å²) in [5.74, 6) is 0. The van der Waals surface area contributed by atoms with E-state index in [1.807, 2.05) is 12.4 Å². The molecule has 1 aliphatic rings. The first kappa shape index (κ1) is 9.72. The van der Waals surface area contributed by atoms with Crippen molar-refractivity contribution < 1.29 is 0 Å². The largest absolute Gasteiger partial charge is 0.268 e. The Kier molecular flexibility index (Phi) is 2.57. The summed E-state index contributed by atoms with van der Waals surface area (Å²) in [5.41, 5.74) is 0.104. The zero-order chi connectivity index (χ0) is 9.24. The summed E-state index contributed by atoms with van der Waals surface area (Å²) in [6, 6.07) is 0. The highest BCUT2D eigenvalue weighted by atomic mass is 79.9. The lowest BCUT2D eigenvalue weighted by Crippen LogP contribution is -2.16. The quantitative estimate of drug-likeness (QED) is 0.445. The number of hydrogen-bond acceptors (Lipinski definition) is 1. The van der Waals surface area contributed by atoms with Crippen molar-refractivity contribution in [2.75, 3.05) is 0 Å². The van der Waals surface area contributed by atoms with Crippen LogP contribution < -0.4 is 0 Å². The molecule has 1 heterocycles. The molecule has 66 valence electrons. The highest BCUT2D eigenvalue weighted by Gasteiger charge is 2.17. The molecule has 0 aromatic rings. The Morgan fingerprint density at radius 1 is 1.08 bits per heavy atom. The molecule has 1 atom stereocenters. The average Bonchev–Trinajstić information content (AvgIpc) is 1.94. The monoisotopic (exact) mass is 227 g/mol. The standard InChI is InChI=1S/C10H14BrN/c1-9(2)4-5-10(3,11)8-12-7-6-9/h4-8H,1-3H3/b5-4-,7-6-,12-8?. The van der Waals surface area contributed by atoms with Gasteiger partial charge in [-0.15, -0.1) is 0 Å². The van der Waals surface area contributed by atoms with Gasteiger partial charge in [-0.05, 0) is 6.92 Å². The van der Waals surface area contributed by atoms with Crippen LogP contribution in [-0.2, 0) is 0 Å². The minimum Gasteiger partial charge on any atom is -0.268 e. The fourth-order valence-corrected chi connectivity index (χ4v) is 1.15. The first-order valence-electron chi connectivity index (χ1n) is 4.03. The van der Waals surface area contributed by atoms with Gasteiger partial charge in [0.1, 0.15) is 0 Å². The number of alkyl halides is 1. The molecule has 0 aromatic carbocycles. The van der Waals surface area contributed by atoms with Crippen LogP contribution in [-0.4, -0.2) is 10.5 Å². The Bertz CT molecular complexity index is 221. The van der Waals surface area contributed by atoms with Gasteiger partial charge in [0.05, 0.1) is 4.32 Å². The molecule has 1 aliphatic heterocycles. The van der Waals surface area contributed by atoms with Gasteiger partial charge >= 0.3 is 0 Å². The lowest BCUT2D eigenvalue weighted by Gasteiger charge is -2.19. The zero-order valence-electron chi connectivity index (χ0n) is 7.71. The summed E-state index contributed by atoms with van der Waals surface area (Å²) in [7, 11) is 0. The maximum atomic E-state index is 4.18. The maximum Gasteiger partial charge on any atom is 0.0759 e. The predicted octanol–water partition coefficient (Wildman–Crippen LogP) is 3.32. The van der Waals surface area contributed by atoms with Crippen molar-refractivity contribution in [2.45, 2.75) is 25.1 Å². The van der Waals surface area contributed by atoms with E-state index >= 15 is 0 Å². The van der Waals surface area contributed by atoms with Crippen LogP contribution in [0.15, 0.2) is 29.4 Å². The normalized spacial score (nSPS) is 38.3. The van der Waals surface area contributed by atoms with E-state index in [0.29, 0.717) is 0 Å². The molecular formula is C10H14BrN. The molecule has 0 amide bonds. The Balaban J connectivity index is 2.97. The molecule has 0 saturated carbocycles. The third-order valence-electron chi connectivity index (χ3n) is 1.76. The molecule has 0 N–H and O–H groups in total. The number of hydrogen-bond donors (Lipinski definition) is 0. The molecule has 12 heavy (non-hydrogen) atoms. The van der Waals surface area contributed by atoms with Gasteiger partial charge in [0, 0.05) is 17.8 Å². The molecule has 1 rings (SSSR count). The van der Waals surface area contributed by atoms with Crippen molar-refractivity contribution >= 4 is 22.1 Å². The van der Waals surface area contributed by atoms with Crippen molar-refractivity contribution in [1.29, 1.82) is 0 Å². The van der Waals surface area contributed by atoms with Crippen molar-refractivity contribution in [3.05, 3.63) is 24.4 Å². The van der Waals surface area contributed by atoms with Crippen LogP contribution >= 0.6 is 15.9 Å².